The van der Waals surface area contributed by atoms with Crippen LogP contribution >= 0.6 is 0 Å². The largest absolute Gasteiger partial charge is 0.307 e. The molecule has 0 aliphatic carbocycles. The summed E-state index contributed by atoms with van der Waals surface area (Å²) in [6.45, 7) is 12.7. The second-order valence-electron chi connectivity index (χ2n) is 19.2. The van der Waals surface area contributed by atoms with E-state index in [0.717, 1.165) is 43.4 Å². The van der Waals surface area contributed by atoms with Crippen LogP contribution in [0.1, 0.15) is 52.7 Å². The van der Waals surface area contributed by atoms with Crippen LogP contribution in [0.15, 0.2) is 182 Å². The smallest absolute Gasteiger partial charge is 0.148 e. The molecule has 10 aromatic rings. The van der Waals surface area contributed by atoms with Gasteiger partial charge in [-0.1, -0.05) is 163 Å². The summed E-state index contributed by atoms with van der Waals surface area (Å²) in [4.78, 5) is 3.54. The first-order valence-electron chi connectivity index (χ1n) is 22.3. The topological polar surface area (TPSA) is 6.48 Å². The molecule has 0 fully saturated rings. The Bertz CT molecular complexity index is 3180. The maximum atomic E-state index is 16.8. The molecule has 0 heterocycles. The normalized spacial score (nSPS) is 12.1. The average Bonchev–Trinajstić information content (AvgIpc) is 3.31. The molecular weight excluding hydrogens is 825 g/mol. The molecule has 0 atom stereocenters. The summed E-state index contributed by atoms with van der Waals surface area (Å²) >= 11 is 0. The van der Waals surface area contributed by atoms with Crippen molar-refractivity contribution in [2.24, 2.45) is 0 Å². The van der Waals surface area contributed by atoms with E-state index in [-0.39, 0.29) is 33.3 Å². The van der Waals surface area contributed by atoms with Gasteiger partial charge in [0.25, 0.3) is 0 Å². The third kappa shape index (κ3) is 7.50. The molecule has 10 rings (SSSR count). The summed E-state index contributed by atoms with van der Waals surface area (Å²) in [5, 5.41) is 5.27. The predicted octanol–water partition coefficient (Wildman–Crippen LogP) is 18.0. The molecule has 0 amide bonds. The minimum atomic E-state index is -0.580. The molecule has 0 aromatic heterocycles. The third-order valence-corrected chi connectivity index (χ3v) is 12.8. The lowest BCUT2D eigenvalue weighted by Gasteiger charge is -2.30. The van der Waals surface area contributed by atoms with E-state index in [0.29, 0.717) is 33.9 Å². The van der Waals surface area contributed by atoms with Gasteiger partial charge < -0.3 is 9.80 Å². The lowest BCUT2D eigenvalue weighted by atomic mass is 9.86. The van der Waals surface area contributed by atoms with Crippen LogP contribution in [0, 0.1) is 23.3 Å². The molecule has 6 heteroatoms. The Morgan fingerprint density at radius 3 is 1.03 bits per heavy atom. The Labute approximate surface area is 383 Å². The van der Waals surface area contributed by atoms with Crippen molar-refractivity contribution < 1.29 is 17.6 Å². The number of nitrogens with zero attached hydrogens (tertiary/aromatic N) is 2. The van der Waals surface area contributed by atoms with Crippen LogP contribution in [-0.2, 0) is 10.8 Å². The Balaban J connectivity index is 1.14. The summed E-state index contributed by atoms with van der Waals surface area (Å²) < 4.78 is 66.6. The molecule has 0 bridgehead atoms. The zero-order valence-corrected chi connectivity index (χ0v) is 37.7. The summed E-state index contributed by atoms with van der Waals surface area (Å²) in [5.74, 6) is -2.25. The van der Waals surface area contributed by atoms with Crippen molar-refractivity contribution in [1.29, 1.82) is 0 Å². The number of para-hydroxylation sites is 2. The van der Waals surface area contributed by atoms with E-state index in [1.54, 1.807) is 9.80 Å². The van der Waals surface area contributed by atoms with Gasteiger partial charge >= 0.3 is 0 Å². The highest BCUT2D eigenvalue weighted by Gasteiger charge is 2.26. The van der Waals surface area contributed by atoms with Crippen molar-refractivity contribution in [3.05, 3.63) is 216 Å². The van der Waals surface area contributed by atoms with E-state index in [1.807, 2.05) is 158 Å². The first-order valence-corrected chi connectivity index (χ1v) is 22.3. The van der Waals surface area contributed by atoms with E-state index in [1.165, 1.54) is 24.3 Å². The van der Waals surface area contributed by atoms with Crippen LogP contribution in [0.4, 0.5) is 51.7 Å². The van der Waals surface area contributed by atoms with E-state index in [9.17, 15) is 0 Å². The fourth-order valence-electron chi connectivity index (χ4n) is 9.29. The monoisotopic (exact) mass is 872 g/mol. The Morgan fingerprint density at radius 2 is 0.682 bits per heavy atom. The van der Waals surface area contributed by atoms with Gasteiger partial charge in [-0.25, -0.2) is 17.6 Å². The lowest BCUT2D eigenvalue weighted by molar-refractivity contribution is 0.590. The molecule has 0 unspecified atom stereocenters. The van der Waals surface area contributed by atoms with Gasteiger partial charge in [0.2, 0.25) is 0 Å². The minimum absolute atomic E-state index is 0.0610. The number of halogens is 4. The van der Waals surface area contributed by atoms with Crippen molar-refractivity contribution in [2.45, 2.75) is 52.4 Å². The molecule has 0 spiro atoms. The minimum Gasteiger partial charge on any atom is -0.307 e. The average molecular weight is 873 g/mol. The zero-order chi connectivity index (χ0) is 46.1. The molecule has 2 nitrogen and oxygen atoms in total. The summed E-state index contributed by atoms with van der Waals surface area (Å²) in [6.07, 6.45) is 0. The van der Waals surface area contributed by atoms with Crippen LogP contribution in [0.25, 0.3) is 54.6 Å². The molecule has 10 aromatic carbocycles. The first-order chi connectivity index (χ1) is 31.7. The Hall–Kier alpha value is -7.44. The SMILES string of the molecule is CC(C)(C)c1ccc(-c2cc(F)c(N(c3ccccc3)c3ccc4ccc5c(N(c6ccccc6)c6cc(F)c(-c7ccc(C(C)(C)C)cc7)cc6F)ccc6ccc3c4c65)cc2F)cc1. The van der Waals surface area contributed by atoms with Gasteiger partial charge in [0.1, 0.15) is 23.3 Å². The maximum Gasteiger partial charge on any atom is 0.148 e. The van der Waals surface area contributed by atoms with Gasteiger partial charge in [0, 0.05) is 45.4 Å². The van der Waals surface area contributed by atoms with Crippen molar-refractivity contribution >= 4 is 66.4 Å². The van der Waals surface area contributed by atoms with E-state index >= 15 is 17.6 Å². The summed E-state index contributed by atoms with van der Waals surface area (Å²) in [6, 6.07) is 55.1. The third-order valence-electron chi connectivity index (χ3n) is 12.8. The zero-order valence-electron chi connectivity index (χ0n) is 37.7. The molecule has 0 saturated carbocycles. The number of anilines is 6. The maximum absolute atomic E-state index is 16.8. The highest BCUT2D eigenvalue weighted by Crippen LogP contribution is 2.49. The number of benzene rings is 10. The number of hydrogen-bond acceptors (Lipinski definition) is 2. The second-order valence-corrected chi connectivity index (χ2v) is 19.2. The Morgan fingerprint density at radius 1 is 0.333 bits per heavy atom. The lowest BCUT2D eigenvalue weighted by Crippen LogP contribution is -2.14. The number of rotatable bonds is 8. The number of hydrogen-bond donors (Lipinski definition) is 0. The molecule has 0 saturated heterocycles. The van der Waals surface area contributed by atoms with Gasteiger partial charge in [0.05, 0.1) is 22.7 Å². The summed E-state index contributed by atoms with van der Waals surface area (Å²) in [5.41, 5.74) is 6.26. The van der Waals surface area contributed by atoms with Crippen LogP contribution in [-0.4, -0.2) is 0 Å². The van der Waals surface area contributed by atoms with Crippen molar-refractivity contribution in [3.63, 3.8) is 0 Å². The quantitative estimate of drug-likeness (QED) is 0.111. The fraction of sp³-hybridized carbons (Fsp3) is 0.133. The van der Waals surface area contributed by atoms with Crippen molar-refractivity contribution in [1.82, 2.24) is 0 Å². The van der Waals surface area contributed by atoms with Crippen LogP contribution in [0.2, 0.25) is 0 Å². The Kier molecular flexibility index (Phi) is 10.4. The highest BCUT2D eigenvalue weighted by molar-refractivity contribution is 6.28. The van der Waals surface area contributed by atoms with Gasteiger partial charge in [-0.05, 0) is 103 Å². The highest BCUT2D eigenvalue weighted by atomic mass is 19.1. The van der Waals surface area contributed by atoms with Gasteiger partial charge in [-0.15, -0.1) is 0 Å². The standard InChI is InChI=1S/C60H48F4N2/c1-59(2,3)41-25-17-37(18-26-41)47-33-51(63)55(35-49(47)61)65(43-13-9-7-10-14-43)53-31-23-39-22-30-46-54(32-24-40-21-29-45(53)57(39)58(40)46)66(44-15-11-8-12-16-44)56-36-50(62)48(34-52(56)64)38-19-27-42(28-20-38)60(4,5)6/h7-36H,1-6H3. The first kappa shape index (κ1) is 42.5. The predicted molar refractivity (Wildman–Crippen MR) is 268 cm³/mol. The molecular formula is C60H48F4N2. The molecule has 0 aliphatic rings. The van der Waals surface area contributed by atoms with E-state index in [2.05, 4.69) is 41.5 Å². The van der Waals surface area contributed by atoms with Crippen LogP contribution in [0.5, 0.6) is 0 Å². The summed E-state index contributed by atoms with van der Waals surface area (Å²) in [7, 11) is 0. The molecule has 0 N–H and O–H groups in total. The molecule has 326 valence electrons. The van der Waals surface area contributed by atoms with Gasteiger partial charge in [-0.2, -0.15) is 0 Å². The molecule has 66 heavy (non-hydrogen) atoms. The van der Waals surface area contributed by atoms with Crippen LogP contribution in [0.3, 0.4) is 0 Å². The van der Waals surface area contributed by atoms with Gasteiger partial charge in [0.15, 0.2) is 0 Å². The van der Waals surface area contributed by atoms with E-state index < -0.39 is 23.3 Å². The van der Waals surface area contributed by atoms with E-state index in [4.69, 9.17) is 0 Å². The fourth-order valence-corrected chi connectivity index (χ4v) is 9.29. The molecule has 0 radical (unpaired) electrons. The van der Waals surface area contributed by atoms with Crippen molar-refractivity contribution in [3.8, 4) is 22.3 Å². The van der Waals surface area contributed by atoms with Crippen molar-refractivity contribution in [2.75, 3.05) is 9.80 Å². The molecule has 0 aliphatic heterocycles. The van der Waals surface area contributed by atoms with Gasteiger partial charge in [-0.3, -0.25) is 0 Å². The van der Waals surface area contributed by atoms with Crippen LogP contribution < -0.4 is 9.80 Å². The second kappa shape index (κ2) is 16.2.